The highest BCUT2D eigenvalue weighted by Crippen LogP contribution is 2.05. The average Bonchev–Trinajstić information content (AvgIpc) is 2.45. The molecule has 0 fully saturated rings. The van der Waals surface area contributed by atoms with E-state index >= 15 is 0 Å². The fraction of sp³-hybridized carbons (Fsp3) is 0.467. The molecule has 0 heterocycles. The van der Waals surface area contributed by atoms with Crippen LogP contribution < -0.4 is 16.8 Å². The Hall–Kier alpha value is -2.04. The van der Waals surface area contributed by atoms with E-state index in [1.807, 2.05) is 6.07 Å². The van der Waals surface area contributed by atoms with Crippen LogP contribution in [-0.4, -0.2) is 18.4 Å². The minimum Gasteiger partial charge on any atom is -0.370 e. The number of rotatable bonds is 8. The average molecular weight is 276 g/mol. The van der Waals surface area contributed by atoms with E-state index in [0.29, 0.717) is 18.1 Å². The molecule has 5 nitrogen and oxygen atoms in total. The van der Waals surface area contributed by atoms with E-state index in [0.717, 1.165) is 18.5 Å². The number of aliphatic imine (C=N–C) groups is 1. The van der Waals surface area contributed by atoms with Crippen molar-refractivity contribution in [2.45, 2.75) is 39.2 Å². The van der Waals surface area contributed by atoms with Crippen molar-refractivity contribution in [1.82, 2.24) is 5.32 Å². The van der Waals surface area contributed by atoms with Crippen LogP contribution in [0.5, 0.6) is 0 Å². The summed E-state index contributed by atoms with van der Waals surface area (Å²) in [4.78, 5) is 15.3. The lowest BCUT2D eigenvalue weighted by molar-refractivity contribution is 0.1000. The lowest BCUT2D eigenvalue weighted by Gasteiger charge is -2.05. The predicted octanol–water partition coefficient (Wildman–Crippen LogP) is 1.77. The van der Waals surface area contributed by atoms with Crippen molar-refractivity contribution in [3.05, 3.63) is 35.4 Å². The molecular formula is C15H24N4O. The normalized spacial score (nSPS) is 11.3. The lowest BCUT2D eigenvalue weighted by Crippen LogP contribution is -2.32. The molecule has 1 aromatic carbocycles. The summed E-state index contributed by atoms with van der Waals surface area (Å²) < 4.78 is 0. The van der Waals surface area contributed by atoms with Crippen molar-refractivity contribution in [2.24, 2.45) is 16.5 Å². The zero-order valence-electron chi connectivity index (χ0n) is 12.1. The van der Waals surface area contributed by atoms with E-state index in [1.165, 1.54) is 19.3 Å². The Balaban J connectivity index is 2.38. The van der Waals surface area contributed by atoms with E-state index in [4.69, 9.17) is 11.5 Å². The van der Waals surface area contributed by atoms with Gasteiger partial charge in [-0.15, -0.1) is 0 Å². The first kappa shape index (κ1) is 16.0. The van der Waals surface area contributed by atoms with E-state index in [1.54, 1.807) is 18.2 Å². The van der Waals surface area contributed by atoms with Crippen LogP contribution in [-0.2, 0) is 6.54 Å². The van der Waals surface area contributed by atoms with Gasteiger partial charge in [0.05, 0.1) is 6.54 Å². The van der Waals surface area contributed by atoms with Gasteiger partial charge in [-0.3, -0.25) is 4.79 Å². The summed E-state index contributed by atoms with van der Waals surface area (Å²) in [7, 11) is 0. The maximum Gasteiger partial charge on any atom is 0.248 e. The SMILES string of the molecule is CCCCCCNC(N)=NCc1cccc(C(N)=O)c1. The molecule has 1 amide bonds. The van der Waals surface area contributed by atoms with Gasteiger partial charge in [-0.2, -0.15) is 0 Å². The maximum atomic E-state index is 11.1. The number of hydrogen-bond donors (Lipinski definition) is 3. The molecule has 110 valence electrons. The Morgan fingerprint density at radius 2 is 2.05 bits per heavy atom. The fourth-order valence-corrected chi connectivity index (χ4v) is 1.82. The van der Waals surface area contributed by atoms with Crippen molar-refractivity contribution < 1.29 is 4.79 Å². The van der Waals surface area contributed by atoms with Gasteiger partial charge in [0.1, 0.15) is 0 Å². The number of carbonyl (C=O) groups excluding carboxylic acids is 1. The quantitative estimate of drug-likeness (QED) is 0.384. The molecule has 20 heavy (non-hydrogen) atoms. The topological polar surface area (TPSA) is 93.5 Å². The van der Waals surface area contributed by atoms with Crippen LogP contribution in [0.15, 0.2) is 29.3 Å². The van der Waals surface area contributed by atoms with Gasteiger partial charge in [-0.05, 0) is 24.1 Å². The van der Waals surface area contributed by atoms with Gasteiger partial charge in [-0.1, -0.05) is 38.3 Å². The summed E-state index contributed by atoms with van der Waals surface area (Å²) in [5, 5.41) is 3.09. The molecule has 0 spiro atoms. The minimum atomic E-state index is -0.433. The highest BCUT2D eigenvalue weighted by atomic mass is 16.1. The summed E-state index contributed by atoms with van der Waals surface area (Å²) in [5.74, 6) is 0.00354. The van der Waals surface area contributed by atoms with Gasteiger partial charge in [-0.25, -0.2) is 4.99 Å². The van der Waals surface area contributed by atoms with Gasteiger partial charge in [0.2, 0.25) is 5.91 Å². The number of nitrogens with two attached hydrogens (primary N) is 2. The van der Waals surface area contributed by atoms with Gasteiger partial charge < -0.3 is 16.8 Å². The van der Waals surface area contributed by atoms with Gasteiger partial charge >= 0.3 is 0 Å². The molecule has 5 N–H and O–H groups in total. The molecule has 0 bridgehead atoms. The number of hydrogen-bond acceptors (Lipinski definition) is 2. The molecule has 0 saturated carbocycles. The van der Waals surface area contributed by atoms with Crippen LogP contribution >= 0.6 is 0 Å². The number of benzene rings is 1. The van der Waals surface area contributed by atoms with E-state index in [9.17, 15) is 4.79 Å². The van der Waals surface area contributed by atoms with Crippen LogP contribution in [0.4, 0.5) is 0 Å². The van der Waals surface area contributed by atoms with Crippen LogP contribution in [0.3, 0.4) is 0 Å². The molecule has 0 aliphatic rings. The van der Waals surface area contributed by atoms with Gasteiger partial charge in [0.25, 0.3) is 0 Å². The molecule has 0 saturated heterocycles. The first-order chi connectivity index (χ1) is 9.63. The number of nitrogens with zero attached hydrogens (tertiary/aromatic N) is 1. The minimum absolute atomic E-state index is 0.433. The molecule has 0 aliphatic heterocycles. The summed E-state index contributed by atoms with van der Waals surface area (Å²) in [6.07, 6.45) is 4.77. The van der Waals surface area contributed by atoms with Crippen molar-refractivity contribution in [2.75, 3.05) is 6.54 Å². The zero-order chi connectivity index (χ0) is 14.8. The van der Waals surface area contributed by atoms with Crippen LogP contribution in [0.25, 0.3) is 0 Å². The molecule has 0 atom stereocenters. The third kappa shape index (κ3) is 6.22. The summed E-state index contributed by atoms with van der Waals surface area (Å²) in [5.41, 5.74) is 12.4. The molecule has 1 rings (SSSR count). The summed E-state index contributed by atoms with van der Waals surface area (Å²) in [6.45, 7) is 3.47. The second-order valence-electron chi connectivity index (χ2n) is 4.75. The highest BCUT2D eigenvalue weighted by Gasteiger charge is 2.00. The smallest absolute Gasteiger partial charge is 0.248 e. The zero-order valence-corrected chi connectivity index (χ0v) is 12.1. The van der Waals surface area contributed by atoms with Crippen LogP contribution in [0, 0.1) is 0 Å². The van der Waals surface area contributed by atoms with E-state index < -0.39 is 5.91 Å². The second kappa shape index (κ2) is 8.96. The number of amides is 1. The van der Waals surface area contributed by atoms with Crippen molar-refractivity contribution in [1.29, 1.82) is 0 Å². The van der Waals surface area contributed by atoms with Crippen molar-refractivity contribution in [3.8, 4) is 0 Å². The third-order valence-corrected chi connectivity index (χ3v) is 2.98. The lowest BCUT2D eigenvalue weighted by atomic mass is 10.1. The van der Waals surface area contributed by atoms with Crippen LogP contribution in [0.2, 0.25) is 0 Å². The first-order valence-corrected chi connectivity index (χ1v) is 7.06. The van der Waals surface area contributed by atoms with Gasteiger partial charge in [0, 0.05) is 12.1 Å². The van der Waals surface area contributed by atoms with Crippen LogP contribution in [0.1, 0.15) is 48.5 Å². The molecule has 0 unspecified atom stereocenters. The molecule has 5 heteroatoms. The molecule has 0 aliphatic carbocycles. The number of carbonyl (C=O) groups is 1. The van der Waals surface area contributed by atoms with E-state index in [-0.39, 0.29) is 0 Å². The molecular weight excluding hydrogens is 252 g/mol. The Labute approximate surface area is 120 Å². The van der Waals surface area contributed by atoms with Crippen molar-refractivity contribution >= 4 is 11.9 Å². The van der Waals surface area contributed by atoms with E-state index in [2.05, 4.69) is 17.2 Å². The Morgan fingerprint density at radius 3 is 2.75 bits per heavy atom. The Bertz CT molecular complexity index is 457. The molecule has 1 aromatic rings. The van der Waals surface area contributed by atoms with Gasteiger partial charge in [0.15, 0.2) is 5.96 Å². The molecule has 0 aromatic heterocycles. The second-order valence-corrected chi connectivity index (χ2v) is 4.75. The molecule has 0 radical (unpaired) electrons. The van der Waals surface area contributed by atoms with Crippen molar-refractivity contribution in [3.63, 3.8) is 0 Å². The predicted molar refractivity (Wildman–Crippen MR) is 82.4 cm³/mol. The third-order valence-electron chi connectivity index (χ3n) is 2.98. The Morgan fingerprint density at radius 1 is 1.25 bits per heavy atom. The summed E-state index contributed by atoms with van der Waals surface area (Å²) in [6, 6.07) is 7.11. The Kier molecular flexibility index (Phi) is 7.17. The summed E-state index contributed by atoms with van der Waals surface area (Å²) >= 11 is 0. The number of nitrogens with one attached hydrogen (secondary N) is 1. The standard InChI is InChI=1S/C15H24N4O/c1-2-3-4-5-9-18-15(17)19-11-12-7-6-8-13(10-12)14(16)20/h6-8,10H,2-5,9,11H2,1H3,(H2,16,20)(H3,17,18,19). The first-order valence-electron chi connectivity index (χ1n) is 7.06. The monoisotopic (exact) mass is 276 g/mol. The highest BCUT2D eigenvalue weighted by molar-refractivity contribution is 5.92. The number of primary amides is 1. The number of guanidine groups is 1. The number of unbranched alkanes of at least 4 members (excludes halogenated alkanes) is 3. The largest absolute Gasteiger partial charge is 0.370 e. The fourth-order valence-electron chi connectivity index (χ4n) is 1.82. The maximum absolute atomic E-state index is 11.1.